The second-order valence-electron chi connectivity index (χ2n) is 6.21. The number of ether oxygens (including phenoxy) is 1. The van der Waals surface area contributed by atoms with Crippen molar-refractivity contribution in [3.8, 4) is 5.75 Å². The van der Waals surface area contributed by atoms with Gasteiger partial charge in [-0.2, -0.15) is 0 Å². The minimum atomic E-state index is 0.227. The maximum atomic E-state index is 5.85. The van der Waals surface area contributed by atoms with E-state index < -0.39 is 0 Å². The highest BCUT2D eigenvalue weighted by molar-refractivity contribution is 5.33. The molecule has 1 aliphatic rings. The fraction of sp³-hybridized carbons (Fsp3) is 0.667. The largest absolute Gasteiger partial charge is 0.491 e. The van der Waals surface area contributed by atoms with E-state index in [0.29, 0.717) is 0 Å². The van der Waals surface area contributed by atoms with Crippen molar-refractivity contribution in [1.29, 1.82) is 0 Å². The third-order valence-electron chi connectivity index (χ3n) is 3.93. The molecule has 0 spiro atoms. The normalized spacial score (nSPS) is 16.3. The Balaban J connectivity index is 1.66. The Bertz CT molecular complexity index is 400. The number of nitrogens with one attached hydrogen (secondary N) is 1. The predicted molar refractivity (Wildman–Crippen MR) is 88.8 cm³/mol. The van der Waals surface area contributed by atoms with Crippen LogP contribution in [-0.4, -0.2) is 37.2 Å². The number of hydrogen-bond acceptors (Lipinski definition) is 3. The molecule has 0 unspecified atom stereocenters. The minimum absolute atomic E-state index is 0.227. The molecule has 1 fully saturated rings. The predicted octanol–water partition coefficient (Wildman–Crippen LogP) is 3.44. The van der Waals surface area contributed by atoms with Crippen LogP contribution in [0, 0.1) is 0 Å². The van der Waals surface area contributed by atoms with Gasteiger partial charge in [-0.25, -0.2) is 0 Å². The third-order valence-corrected chi connectivity index (χ3v) is 3.93. The molecule has 3 nitrogen and oxygen atoms in total. The second-order valence-corrected chi connectivity index (χ2v) is 6.21. The molecule has 1 aromatic rings. The molecular weight excluding hydrogens is 260 g/mol. The zero-order valence-corrected chi connectivity index (χ0v) is 13.6. The van der Waals surface area contributed by atoms with Gasteiger partial charge in [-0.15, -0.1) is 0 Å². The molecule has 1 saturated heterocycles. The fourth-order valence-electron chi connectivity index (χ4n) is 2.85. The van der Waals surface area contributed by atoms with Crippen molar-refractivity contribution in [2.45, 2.75) is 52.2 Å². The molecule has 0 aliphatic carbocycles. The molecule has 21 heavy (non-hydrogen) atoms. The SMILES string of the molecule is CC(C)Oc1ccccc1CNCCCN1CCCCC1. The van der Waals surface area contributed by atoms with Gasteiger partial charge in [0, 0.05) is 12.1 Å². The molecule has 0 amide bonds. The van der Waals surface area contributed by atoms with E-state index in [1.807, 2.05) is 6.07 Å². The van der Waals surface area contributed by atoms with Crippen LogP contribution in [-0.2, 0) is 6.54 Å². The lowest BCUT2D eigenvalue weighted by atomic mass is 10.1. The molecule has 3 heteroatoms. The van der Waals surface area contributed by atoms with Crippen molar-refractivity contribution in [2.24, 2.45) is 0 Å². The highest BCUT2D eigenvalue weighted by atomic mass is 16.5. The van der Waals surface area contributed by atoms with Crippen LogP contribution in [0.3, 0.4) is 0 Å². The molecule has 0 aromatic heterocycles. The quantitative estimate of drug-likeness (QED) is 0.742. The van der Waals surface area contributed by atoms with Crippen LogP contribution < -0.4 is 10.1 Å². The van der Waals surface area contributed by atoms with Crippen molar-refractivity contribution in [3.05, 3.63) is 29.8 Å². The van der Waals surface area contributed by atoms with Crippen molar-refractivity contribution in [3.63, 3.8) is 0 Å². The van der Waals surface area contributed by atoms with Gasteiger partial charge in [0.25, 0.3) is 0 Å². The van der Waals surface area contributed by atoms with E-state index >= 15 is 0 Å². The van der Waals surface area contributed by atoms with E-state index in [1.165, 1.54) is 50.9 Å². The Hall–Kier alpha value is -1.06. The first-order chi connectivity index (χ1) is 10.3. The van der Waals surface area contributed by atoms with Crippen molar-refractivity contribution in [1.82, 2.24) is 10.2 Å². The van der Waals surface area contributed by atoms with Gasteiger partial charge in [0.2, 0.25) is 0 Å². The van der Waals surface area contributed by atoms with E-state index in [9.17, 15) is 0 Å². The summed E-state index contributed by atoms with van der Waals surface area (Å²) < 4.78 is 5.85. The summed E-state index contributed by atoms with van der Waals surface area (Å²) in [6.45, 7) is 9.94. The average Bonchev–Trinajstić information content (AvgIpc) is 2.49. The molecule has 0 atom stereocenters. The number of hydrogen-bond donors (Lipinski definition) is 1. The lowest BCUT2D eigenvalue weighted by Crippen LogP contribution is -2.32. The summed E-state index contributed by atoms with van der Waals surface area (Å²) in [7, 11) is 0. The van der Waals surface area contributed by atoms with Gasteiger partial charge in [-0.3, -0.25) is 0 Å². The third kappa shape index (κ3) is 6.06. The lowest BCUT2D eigenvalue weighted by Gasteiger charge is -2.26. The maximum Gasteiger partial charge on any atom is 0.124 e. The number of nitrogens with zero attached hydrogens (tertiary/aromatic N) is 1. The summed E-state index contributed by atoms with van der Waals surface area (Å²) >= 11 is 0. The zero-order valence-electron chi connectivity index (χ0n) is 13.6. The van der Waals surface area contributed by atoms with Gasteiger partial charge in [0.15, 0.2) is 0 Å². The Morgan fingerprint density at radius 1 is 1.14 bits per heavy atom. The molecule has 2 rings (SSSR count). The monoisotopic (exact) mass is 290 g/mol. The number of rotatable bonds is 8. The van der Waals surface area contributed by atoms with Gasteiger partial charge in [0.1, 0.15) is 5.75 Å². The van der Waals surface area contributed by atoms with Gasteiger partial charge in [-0.1, -0.05) is 24.6 Å². The van der Waals surface area contributed by atoms with Gasteiger partial charge in [-0.05, 0) is 65.4 Å². The van der Waals surface area contributed by atoms with Crippen LogP contribution >= 0.6 is 0 Å². The second kappa shape index (κ2) is 9.06. The van der Waals surface area contributed by atoms with Gasteiger partial charge in [0.05, 0.1) is 6.10 Å². The van der Waals surface area contributed by atoms with E-state index in [1.54, 1.807) is 0 Å². The van der Waals surface area contributed by atoms with E-state index in [-0.39, 0.29) is 6.10 Å². The summed E-state index contributed by atoms with van der Waals surface area (Å²) in [5.74, 6) is 1.01. The first-order valence-electron chi connectivity index (χ1n) is 8.43. The molecule has 0 saturated carbocycles. The average molecular weight is 290 g/mol. The highest BCUT2D eigenvalue weighted by Gasteiger charge is 2.09. The van der Waals surface area contributed by atoms with Crippen LogP contribution in [0.15, 0.2) is 24.3 Å². The van der Waals surface area contributed by atoms with E-state index in [0.717, 1.165) is 18.8 Å². The Morgan fingerprint density at radius 3 is 2.67 bits per heavy atom. The van der Waals surface area contributed by atoms with Crippen molar-refractivity contribution in [2.75, 3.05) is 26.2 Å². The number of piperidine rings is 1. The van der Waals surface area contributed by atoms with E-state index in [4.69, 9.17) is 4.74 Å². The number of para-hydroxylation sites is 1. The summed E-state index contributed by atoms with van der Waals surface area (Å²) in [6.07, 6.45) is 5.64. The van der Waals surface area contributed by atoms with Crippen LogP contribution in [0.25, 0.3) is 0 Å². The van der Waals surface area contributed by atoms with Crippen LogP contribution in [0.4, 0.5) is 0 Å². The fourth-order valence-corrected chi connectivity index (χ4v) is 2.85. The maximum absolute atomic E-state index is 5.85. The summed E-state index contributed by atoms with van der Waals surface area (Å²) in [5.41, 5.74) is 1.25. The van der Waals surface area contributed by atoms with Gasteiger partial charge < -0.3 is 15.0 Å². The lowest BCUT2D eigenvalue weighted by molar-refractivity contribution is 0.225. The topological polar surface area (TPSA) is 24.5 Å². The van der Waals surface area contributed by atoms with Crippen molar-refractivity contribution < 1.29 is 4.74 Å². The number of benzene rings is 1. The molecule has 1 N–H and O–H groups in total. The summed E-state index contributed by atoms with van der Waals surface area (Å²) in [5, 5.41) is 3.55. The van der Waals surface area contributed by atoms with E-state index in [2.05, 4.69) is 42.3 Å². The molecule has 1 aromatic carbocycles. The first-order valence-corrected chi connectivity index (χ1v) is 8.43. The summed E-state index contributed by atoms with van der Waals surface area (Å²) in [4.78, 5) is 2.60. The molecule has 0 radical (unpaired) electrons. The first kappa shape index (κ1) is 16.3. The van der Waals surface area contributed by atoms with Crippen LogP contribution in [0.2, 0.25) is 0 Å². The van der Waals surface area contributed by atoms with Gasteiger partial charge >= 0.3 is 0 Å². The zero-order chi connectivity index (χ0) is 14.9. The Morgan fingerprint density at radius 2 is 1.90 bits per heavy atom. The smallest absolute Gasteiger partial charge is 0.124 e. The minimum Gasteiger partial charge on any atom is -0.491 e. The standard InChI is InChI=1S/C18H30N2O/c1-16(2)21-18-10-5-4-9-17(18)15-19-11-8-14-20-12-6-3-7-13-20/h4-5,9-10,16,19H,3,6-8,11-15H2,1-2H3. The molecule has 118 valence electrons. The van der Waals surface area contributed by atoms with Crippen molar-refractivity contribution >= 4 is 0 Å². The Kier molecular flexibility index (Phi) is 7.04. The highest BCUT2D eigenvalue weighted by Crippen LogP contribution is 2.19. The summed E-state index contributed by atoms with van der Waals surface area (Å²) in [6, 6.07) is 8.33. The molecule has 1 aliphatic heterocycles. The van der Waals surface area contributed by atoms with Crippen LogP contribution in [0.1, 0.15) is 45.1 Å². The Labute approximate surface area is 129 Å². The number of likely N-dealkylation sites (tertiary alicyclic amines) is 1. The van der Waals surface area contributed by atoms with Crippen LogP contribution in [0.5, 0.6) is 5.75 Å². The molecule has 1 heterocycles. The molecular formula is C18H30N2O. The molecule has 0 bridgehead atoms.